The highest BCUT2D eigenvalue weighted by molar-refractivity contribution is 6.05. The number of aryl methyl sites for hydroxylation is 1. The molecule has 0 atom stereocenters. The third-order valence-electron chi connectivity index (χ3n) is 3.37. The van der Waals surface area contributed by atoms with Gasteiger partial charge < -0.3 is 15.2 Å². The van der Waals surface area contributed by atoms with Crippen LogP contribution < -0.4 is 10.6 Å². The maximum Gasteiger partial charge on any atom is 0.296 e. The van der Waals surface area contributed by atoms with E-state index >= 15 is 0 Å². The Kier molecular flexibility index (Phi) is 2.74. The average Bonchev–Trinajstić information content (AvgIpc) is 2.85. The summed E-state index contributed by atoms with van der Waals surface area (Å²) in [4.78, 5) is 14.2. The normalized spacial score (nSPS) is 14.3. The standard InChI is InChI=1S/C14H15N3O2/c1-9-8-13(19-16-9)14(18)17-7-3-4-10-11(15)5-2-6-12(10)17/h2,5-6,8H,3-4,7,15H2,1H3. The molecule has 2 N–H and O–H groups in total. The minimum atomic E-state index is -0.160. The summed E-state index contributed by atoms with van der Waals surface area (Å²) >= 11 is 0. The molecule has 5 heteroatoms. The van der Waals surface area contributed by atoms with Gasteiger partial charge in [0.05, 0.1) is 5.69 Å². The molecule has 3 rings (SSSR count). The van der Waals surface area contributed by atoms with Crippen molar-refractivity contribution in [2.24, 2.45) is 0 Å². The number of anilines is 2. The lowest BCUT2D eigenvalue weighted by atomic mass is 9.99. The van der Waals surface area contributed by atoms with E-state index in [2.05, 4.69) is 5.16 Å². The minimum Gasteiger partial charge on any atom is -0.398 e. The summed E-state index contributed by atoms with van der Waals surface area (Å²) in [5.41, 5.74) is 9.33. The third kappa shape index (κ3) is 1.97. The fourth-order valence-electron chi connectivity index (χ4n) is 2.46. The molecule has 98 valence electrons. The molecule has 1 aliphatic heterocycles. The van der Waals surface area contributed by atoms with E-state index in [4.69, 9.17) is 10.3 Å². The van der Waals surface area contributed by atoms with Crippen LogP contribution in [0.3, 0.4) is 0 Å². The van der Waals surface area contributed by atoms with Gasteiger partial charge in [0, 0.05) is 24.0 Å². The van der Waals surface area contributed by atoms with Crippen LogP contribution in [0.4, 0.5) is 11.4 Å². The van der Waals surface area contributed by atoms with Gasteiger partial charge >= 0.3 is 0 Å². The second-order valence-electron chi connectivity index (χ2n) is 4.74. The van der Waals surface area contributed by atoms with E-state index in [0.29, 0.717) is 12.2 Å². The Balaban J connectivity index is 2.00. The number of nitrogens with two attached hydrogens (primary N) is 1. The lowest BCUT2D eigenvalue weighted by Gasteiger charge is -2.29. The number of hydrogen-bond acceptors (Lipinski definition) is 4. The molecule has 5 nitrogen and oxygen atoms in total. The highest BCUT2D eigenvalue weighted by Crippen LogP contribution is 2.32. The van der Waals surface area contributed by atoms with Gasteiger partial charge in [0.15, 0.2) is 0 Å². The Morgan fingerprint density at radius 2 is 2.32 bits per heavy atom. The lowest BCUT2D eigenvalue weighted by Crippen LogP contribution is -2.35. The molecule has 0 bridgehead atoms. The summed E-state index contributed by atoms with van der Waals surface area (Å²) in [6.07, 6.45) is 1.81. The van der Waals surface area contributed by atoms with Crippen LogP contribution in [0.1, 0.15) is 28.2 Å². The summed E-state index contributed by atoms with van der Waals surface area (Å²) in [7, 11) is 0. The first-order valence-corrected chi connectivity index (χ1v) is 6.29. The van der Waals surface area contributed by atoms with Gasteiger partial charge in [0.25, 0.3) is 5.91 Å². The lowest BCUT2D eigenvalue weighted by molar-refractivity contribution is 0.0949. The van der Waals surface area contributed by atoms with Crippen molar-refractivity contribution in [1.29, 1.82) is 0 Å². The van der Waals surface area contributed by atoms with Crippen LogP contribution >= 0.6 is 0 Å². The van der Waals surface area contributed by atoms with Gasteiger partial charge in [0.1, 0.15) is 0 Å². The van der Waals surface area contributed by atoms with Crippen molar-refractivity contribution >= 4 is 17.3 Å². The van der Waals surface area contributed by atoms with Crippen LogP contribution in [-0.4, -0.2) is 17.6 Å². The Hall–Kier alpha value is -2.30. The smallest absolute Gasteiger partial charge is 0.296 e. The quantitative estimate of drug-likeness (QED) is 0.794. The molecule has 0 fully saturated rings. The molecule has 0 spiro atoms. The maximum absolute atomic E-state index is 12.4. The van der Waals surface area contributed by atoms with E-state index in [1.54, 1.807) is 17.9 Å². The van der Waals surface area contributed by atoms with E-state index < -0.39 is 0 Å². The molecular weight excluding hydrogens is 242 g/mol. The topological polar surface area (TPSA) is 72.4 Å². The number of amides is 1. The molecule has 19 heavy (non-hydrogen) atoms. The van der Waals surface area contributed by atoms with Crippen LogP contribution in [0.15, 0.2) is 28.8 Å². The van der Waals surface area contributed by atoms with E-state index in [0.717, 1.165) is 29.8 Å². The number of aromatic nitrogens is 1. The van der Waals surface area contributed by atoms with Gasteiger partial charge in [-0.25, -0.2) is 0 Å². The molecule has 0 unspecified atom stereocenters. The van der Waals surface area contributed by atoms with E-state index in [-0.39, 0.29) is 11.7 Å². The molecule has 1 amide bonds. The Morgan fingerprint density at radius 3 is 3.05 bits per heavy atom. The SMILES string of the molecule is Cc1cc(C(=O)N2CCCc3c(N)cccc32)on1. The molecule has 0 saturated heterocycles. The number of nitrogens with zero attached hydrogens (tertiary/aromatic N) is 2. The number of hydrogen-bond donors (Lipinski definition) is 1. The predicted octanol–water partition coefficient (Wildman–Crippen LogP) is 2.16. The Bertz CT molecular complexity index is 633. The second-order valence-corrected chi connectivity index (χ2v) is 4.74. The molecule has 2 aromatic rings. The van der Waals surface area contributed by atoms with Gasteiger partial charge in [-0.2, -0.15) is 0 Å². The Morgan fingerprint density at radius 1 is 1.47 bits per heavy atom. The number of benzene rings is 1. The second kappa shape index (κ2) is 4.42. The van der Waals surface area contributed by atoms with Crippen LogP contribution in [0.5, 0.6) is 0 Å². The van der Waals surface area contributed by atoms with Crippen molar-refractivity contribution in [1.82, 2.24) is 5.16 Å². The van der Waals surface area contributed by atoms with Crippen LogP contribution in [0.25, 0.3) is 0 Å². The first-order chi connectivity index (χ1) is 9.16. The van der Waals surface area contributed by atoms with E-state index in [1.807, 2.05) is 18.2 Å². The molecule has 1 aliphatic rings. The van der Waals surface area contributed by atoms with Gasteiger partial charge in [-0.05, 0) is 37.5 Å². The largest absolute Gasteiger partial charge is 0.398 e. The third-order valence-corrected chi connectivity index (χ3v) is 3.37. The monoisotopic (exact) mass is 257 g/mol. The fourth-order valence-corrected chi connectivity index (χ4v) is 2.46. The first-order valence-electron chi connectivity index (χ1n) is 6.29. The molecular formula is C14H15N3O2. The zero-order chi connectivity index (χ0) is 13.4. The molecule has 2 heterocycles. The van der Waals surface area contributed by atoms with E-state index in [9.17, 15) is 4.79 Å². The van der Waals surface area contributed by atoms with Crippen molar-refractivity contribution in [3.8, 4) is 0 Å². The molecule has 1 aromatic heterocycles. The van der Waals surface area contributed by atoms with Gasteiger partial charge in [-0.3, -0.25) is 4.79 Å². The van der Waals surface area contributed by atoms with Crippen molar-refractivity contribution < 1.29 is 9.32 Å². The van der Waals surface area contributed by atoms with Crippen molar-refractivity contribution in [3.05, 3.63) is 41.3 Å². The number of carbonyl (C=O) groups excluding carboxylic acids is 1. The van der Waals surface area contributed by atoms with Crippen LogP contribution in [0.2, 0.25) is 0 Å². The first kappa shape index (κ1) is 11.8. The van der Waals surface area contributed by atoms with Crippen molar-refractivity contribution in [2.75, 3.05) is 17.2 Å². The summed E-state index contributed by atoms with van der Waals surface area (Å²) < 4.78 is 5.05. The zero-order valence-corrected chi connectivity index (χ0v) is 10.7. The summed E-state index contributed by atoms with van der Waals surface area (Å²) in [6.45, 7) is 2.47. The van der Waals surface area contributed by atoms with E-state index in [1.165, 1.54) is 0 Å². The summed E-state index contributed by atoms with van der Waals surface area (Å²) in [5.74, 6) is 0.111. The molecule has 0 saturated carbocycles. The predicted molar refractivity (Wildman–Crippen MR) is 72.1 cm³/mol. The van der Waals surface area contributed by atoms with Gasteiger partial charge in [0.2, 0.25) is 5.76 Å². The fraction of sp³-hybridized carbons (Fsp3) is 0.286. The highest BCUT2D eigenvalue weighted by atomic mass is 16.5. The Labute approximate surface area is 111 Å². The number of nitrogen functional groups attached to an aromatic ring is 1. The number of rotatable bonds is 1. The zero-order valence-electron chi connectivity index (χ0n) is 10.7. The molecule has 1 aromatic carbocycles. The van der Waals surface area contributed by atoms with Gasteiger partial charge in [-0.1, -0.05) is 11.2 Å². The number of carbonyl (C=O) groups is 1. The van der Waals surface area contributed by atoms with Crippen LogP contribution in [0, 0.1) is 6.92 Å². The summed E-state index contributed by atoms with van der Waals surface area (Å²) in [6, 6.07) is 7.31. The number of fused-ring (bicyclic) bond motifs is 1. The summed E-state index contributed by atoms with van der Waals surface area (Å²) in [5, 5.41) is 3.76. The molecule has 0 radical (unpaired) electrons. The van der Waals surface area contributed by atoms with Crippen molar-refractivity contribution in [3.63, 3.8) is 0 Å². The average molecular weight is 257 g/mol. The van der Waals surface area contributed by atoms with Crippen molar-refractivity contribution in [2.45, 2.75) is 19.8 Å². The van der Waals surface area contributed by atoms with Gasteiger partial charge in [-0.15, -0.1) is 0 Å². The maximum atomic E-state index is 12.4. The molecule has 0 aliphatic carbocycles. The minimum absolute atomic E-state index is 0.160. The van der Waals surface area contributed by atoms with Crippen LogP contribution in [-0.2, 0) is 6.42 Å². The highest BCUT2D eigenvalue weighted by Gasteiger charge is 2.26.